The summed E-state index contributed by atoms with van der Waals surface area (Å²) in [6, 6.07) is 22.6. The summed E-state index contributed by atoms with van der Waals surface area (Å²) in [6.45, 7) is 14.2. The molecule has 0 spiro atoms. The summed E-state index contributed by atoms with van der Waals surface area (Å²) in [5.74, 6) is 0. The first-order valence-electron chi connectivity index (χ1n) is 11.3. The molecule has 154 valence electrons. The van der Waals surface area contributed by atoms with E-state index in [0.29, 0.717) is 0 Å². The molecule has 3 aromatic rings. The highest BCUT2D eigenvalue weighted by atomic mass is 14.9. The second-order valence-corrected chi connectivity index (χ2v) is 11.1. The third-order valence-corrected chi connectivity index (χ3v) is 7.74. The normalized spacial score (nSPS) is 19.5. The molecule has 0 radical (unpaired) electrons. The molecular weight excluding hydrogens is 362 g/mol. The van der Waals surface area contributed by atoms with Crippen molar-refractivity contribution in [3.8, 4) is 11.1 Å². The van der Waals surface area contributed by atoms with Crippen LogP contribution in [0.5, 0.6) is 0 Å². The van der Waals surface area contributed by atoms with Crippen LogP contribution in [-0.4, -0.2) is 0 Å². The molecule has 1 N–H and O–H groups in total. The van der Waals surface area contributed by atoms with Gasteiger partial charge in [-0.1, -0.05) is 84.0 Å². The summed E-state index contributed by atoms with van der Waals surface area (Å²) in [5.41, 5.74) is 11.5. The fourth-order valence-corrected chi connectivity index (χ4v) is 5.68. The maximum Gasteiger partial charge on any atom is 0.0467 e. The van der Waals surface area contributed by atoms with Gasteiger partial charge < -0.3 is 5.32 Å². The van der Waals surface area contributed by atoms with Crippen molar-refractivity contribution in [2.45, 2.75) is 70.6 Å². The largest absolute Gasteiger partial charge is 0.355 e. The van der Waals surface area contributed by atoms with Gasteiger partial charge in [-0.25, -0.2) is 0 Å². The van der Waals surface area contributed by atoms with E-state index >= 15 is 0 Å². The lowest BCUT2D eigenvalue weighted by Crippen LogP contribution is -2.33. The summed E-state index contributed by atoms with van der Waals surface area (Å²) in [6.07, 6.45) is 2.48. The highest BCUT2D eigenvalue weighted by Crippen LogP contribution is 2.52. The Morgan fingerprint density at radius 3 is 2.07 bits per heavy atom. The van der Waals surface area contributed by atoms with E-state index in [1.807, 2.05) is 0 Å². The summed E-state index contributed by atoms with van der Waals surface area (Å²) in [4.78, 5) is 0. The van der Waals surface area contributed by atoms with E-state index in [2.05, 4.69) is 108 Å². The number of benzene rings is 3. The highest BCUT2D eigenvalue weighted by Gasteiger charge is 2.38. The molecule has 3 aromatic carbocycles. The molecule has 0 bridgehead atoms. The summed E-state index contributed by atoms with van der Waals surface area (Å²) in [7, 11) is 0. The Morgan fingerprint density at radius 1 is 0.633 bits per heavy atom. The van der Waals surface area contributed by atoms with Crippen molar-refractivity contribution in [2.24, 2.45) is 0 Å². The first-order chi connectivity index (χ1) is 14.1. The van der Waals surface area contributed by atoms with E-state index < -0.39 is 0 Å². The Bertz CT molecular complexity index is 1150. The predicted molar refractivity (Wildman–Crippen MR) is 129 cm³/mol. The van der Waals surface area contributed by atoms with Crippen LogP contribution in [0.15, 0.2) is 60.7 Å². The van der Waals surface area contributed by atoms with Crippen molar-refractivity contribution in [1.82, 2.24) is 0 Å². The quantitative estimate of drug-likeness (QED) is 0.462. The molecule has 0 unspecified atom stereocenters. The van der Waals surface area contributed by atoms with E-state index in [1.54, 1.807) is 0 Å². The van der Waals surface area contributed by atoms with Crippen LogP contribution in [0.1, 0.15) is 76.6 Å². The molecule has 0 atom stereocenters. The van der Waals surface area contributed by atoms with Crippen molar-refractivity contribution in [2.75, 3.05) is 5.32 Å². The van der Waals surface area contributed by atoms with Crippen LogP contribution in [0, 0.1) is 0 Å². The van der Waals surface area contributed by atoms with Gasteiger partial charge in [0.15, 0.2) is 0 Å². The standard InChI is InChI=1S/C29H33N/c1-27(2)16-17-28(3,4)24-18-19(14-15-22(24)27)30-25-13-9-12-23-26(25)20-10-7-8-11-21(20)29(23,5)6/h7-15,18,30H,16-17H2,1-6H3. The van der Waals surface area contributed by atoms with Crippen LogP contribution in [0.25, 0.3) is 11.1 Å². The van der Waals surface area contributed by atoms with E-state index in [0.717, 1.165) is 0 Å². The minimum atomic E-state index is 0.0332. The van der Waals surface area contributed by atoms with Crippen LogP contribution in [0.4, 0.5) is 11.4 Å². The number of hydrogen-bond acceptors (Lipinski definition) is 1. The third-order valence-electron chi connectivity index (χ3n) is 7.74. The predicted octanol–water partition coefficient (Wildman–Crippen LogP) is 8.09. The number of rotatable bonds is 2. The Hall–Kier alpha value is -2.54. The maximum absolute atomic E-state index is 3.80. The van der Waals surface area contributed by atoms with E-state index in [4.69, 9.17) is 0 Å². The van der Waals surface area contributed by atoms with Crippen LogP contribution in [0.2, 0.25) is 0 Å². The Balaban J connectivity index is 1.61. The molecular formula is C29H33N. The highest BCUT2D eigenvalue weighted by molar-refractivity contribution is 5.91. The van der Waals surface area contributed by atoms with Crippen LogP contribution in [-0.2, 0) is 16.2 Å². The zero-order valence-corrected chi connectivity index (χ0v) is 19.2. The molecule has 0 aliphatic heterocycles. The maximum atomic E-state index is 3.80. The van der Waals surface area contributed by atoms with Crippen molar-refractivity contribution in [1.29, 1.82) is 0 Å². The topological polar surface area (TPSA) is 12.0 Å². The number of nitrogens with one attached hydrogen (secondary N) is 1. The Kier molecular flexibility index (Phi) is 4.04. The molecule has 0 heterocycles. The van der Waals surface area contributed by atoms with Crippen LogP contribution >= 0.6 is 0 Å². The molecule has 0 aromatic heterocycles. The average molecular weight is 396 g/mol. The molecule has 2 aliphatic rings. The van der Waals surface area contributed by atoms with Gasteiger partial charge in [0.05, 0.1) is 0 Å². The number of hydrogen-bond donors (Lipinski definition) is 1. The molecule has 0 saturated heterocycles. The zero-order chi connectivity index (χ0) is 21.3. The second-order valence-electron chi connectivity index (χ2n) is 11.1. The lowest BCUT2D eigenvalue weighted by molar-refractivity contribution is 0.332. The van der Waals surface area contributed by atoms with E-state index in [9.17, 15) is 0 Å². The van der Waals surface area contributed by atoms with E-state index in [-0.39, 0.29) is 16.2 Å². The molecule has 30 heavy (non-hydrogen) atoms. The molecule has 1 nitrogen and oxygen atoms in total. The Morgan fingerprint density at radius 2 is 1.30 bits per heavy atom. The number of fused-ring (bicyclic) bond motifs is 4. The number of anilines is 2. The Labute approximate surface area is 181 Å². The molecule has 0 fully saturated rings. The molecule has 5 rings (SSSR count). The van der Waals surface area contributed by atoms with Crippen LogP contribution in [0.3, 0.4) is 0 Å². The first-order valence-corrected chi connectivity index (χ1v) is 11.3. The van der Waals surface area contributed by atoms with Gasteiger partial charge in [-0.3, -0.25) is 0 Å². The zero-order valence-electron chi connectivity index (χ0n) is 19.2. The third kappa shape index (κ3) is 2.75. The fourth-order valence-electron chi connectivity index (χ4n) is 5.68. The monoisotopic (exact) mass is 395 g/mol. The summed E-state index contributed by atoms with van der Waals surface area (Å²) in [5, 5.41) is 3.80. The SMILES string of the molecule is CC1(C)CCC(C)(C)c2cc(Nc3cccc4c3-c3ccccc3C4(C)C)ccc21. The van der Waals surface area contributed by atoms with Crippen molar-refractivity contribution >= 4 is 11.4 Å². The molecule has 1 heteroatoms. The van der Waals surface area contributed by atoms with Crippen LogP contribution < -0.4 is 5.32 Å². The van der Waals surface area contributed by atoms with Gasteiger partial charge in [-0.15, -0.1) is 0 Å². The molecule has 0 saturated carbocycles. The van der Waals surface area contributed by atoms with Crippen molar-refractivity contribution in [3.05, 3.63) is 82.9 Å². The van der Waals surface area contributed by atoms with Gasteiger partial charge in [0.2, 0.25) is 0 Å². The van der Waals surface area contributed by atoms with Gasteiger partial charge in [-0.2, -0.15) is 0 Å². The average Bonchev–Trinajstić information content (AvgIpc) is 2.94. The van der Waals surface area contributed by atoms with Crippen molar-refractivity contribution < 1.29 is 0 Å². The molecule has 2 aliphatic carbocycles. The van der Waals surface area contributed by atoms with E-state index in [1.165, 1.54) is 57.6 Å². The van der Waals surface area contributed by atoms with Crippen molar-refractivity contribution in [3.63, 3.8) is 0 Å². The first kappa shape index (κ1) is 19.4. The minimum Gasteiger partial charge on any atom is -0.355 e. The van der Waals surface area contributed by atoms with Gasteiger partial charge >= 0.3 is 0 Å². The van der Waals surface area contributed by atoms with Gasteiger partial charge in [-0.05, 0) is 69.7 Å². The summed E-state index contributed by atoms with van der Waals surface area (Å²) < 4.78 is 0. The lowest BCUT2D eigenvalue weighted by atomic mass is 9.63. The smallest absolute Gasteiger partial charge is 0.0467 e. The molecule has 0 amide bonds. The minimum absolute atomic E-state index is 0.0332. The lowest BCUT2D eigenvalue weighted by Gasteiger charge is -2.42. The van der Waals surface area contributed by atoms with Gasteiger partial charge in [0, 0.05) is 22.4 Å². The fraction of sp³-hybridized carbons (Fsp3) is 0.379. The van der Waals surface area contributed by atoms with Gasteiger partial charge in [0.1, 0.15) is 0 Å². The second kappa shape index (κ2) is 6.23. The summed E-state index contributed by atoms with van der Waals surface area (Å²) >= 11 is 0. The van der Waals surface area contributed by atoms with Gasteiger partial charge in [0.25, 0.3) is 0 Å².